The number of amides is 1. The summed E-state index contributed by atoms with van der Waals surface area (Å²) in [5, 5.41) is 6.45. The third-order valence-electron chi connectivity index (χ3n) is 3.94. The molecule has 0 aliphatic carbocycles. The monoisotopic (exact) mass is 260 g/mol. The standard InChI is InChI=1S/C16H24N2O/c1-3-14-6-4-5-12(2)16(14)18-15(19)11-13-7-9-17-10-8-13/h4-6,13,17H,3,7-11H2,1-2H3,(H,18,19). The quantitative estimate of drug-likeness (QED) is 0.874. The van der Waals surface area contributed by atoms with E-state index >= 15 is 0 Å². The smallest absolute Gasteiger partial charge is 0.224 e. The highest BCUT2D eigenvalue weighted by Gasteiger charge is 2.17. The first-order chi connectivity index (χ1) is 9.20. The summed E-state index contributed by atoms with van der Waals surface area (Å²) in [6.45, 7) is 6.27. The molecule has 2 N–H and O–H groups in total. The van der Waals surface area contributed by atoms with Crippen molar-refractivity contribution in [1.82, 2.24) is 5.32 Å². The van der Waals surface area contributed by atoms with E-state index in [1.807, 2.05) is 0 Å². The molecule has 3 nitrogen and oxygen atoms in total. The lowest BCUT2D eigenvalue weighted by molar-refractivity contribution is -0.117. The molecule has 0 spiro atoms. The number of benzene rings is 1. The van der Waals surface area contributed by atoms with Crippen LogP contribution in [0.25, 0.3) is 0 Å². The molecule has 1 heterocycles. The SMILES string of the molecule is CCc1cccc(C)c1NC(=O)CC1CCNCC1. The van der Waals surface area contributed by atoms with Crippen LogP contribution in [0.5, 0.6) is 0 Å². The van der Waals surface area contributed by atoms with Crippen molar-refractivity contribution in [2.45, 2.75) is 39.5 Å². The van der Waals surface area contributed by atoms with Gasteiger partial charge in [-0.15, -0.1) is 0 Å². The highest BCUT2D eigenvalue weighted by Crippen LogP contribution is 2.23. The Hall–Kier alpha value is -1.35. The van der Waals surface area contributed by atoms with Crippen molar-refractivity contribution in [1.29, 1.82) is 0 Å². The minimum absolute atomic E-state index is 0.163. The van der Waals surface area contributed by atoms with Gasteiger partial charge >= 0.3 is 0 Å². The van der Waals surface area contributed by atoms with Crippen molar-refractivity contribution in [3.8, 4) is 0 Å². The van der Waals surface area contributed by atoms with Crippen LogP contribution >= 0.6 is 0 Å². The molecule has 0 radical (unpaired) electrons. The average molecular weight is 260 g/mol. The van der Waals surface area contributed by atoms with Gasteiger partial charge in [0.15, 0.2) is 0 Å². The van der Waals surface area contributed by atoms with Gasteiger partial charge in [0.2, 0.25) is 5.91 Å². The van der Waals surface area contributed by atoms with Crippen molar-refractivity contribution in [3.05, 3.63) is 29.3 Å². The molecule has 104 valence electrons. The zero-order valence-corrected chi connectivity index (χ0v) is 12.0. The zero-order chi connectivity index (χ0) is 13.7. The van der Waals surface area contributed by atoms with E-state index in [2.05, 4.69) is 42.7 Å². The fourth-order valence-electron chi connectivity index (χ4n) is 2.74. The molecule has 1 saturated heterocycles. The van der Waals surface area contributed by atoms with Gasteiger partial charge in [-0.2, -0.15) is 0 Å². The average Bonchev–Trinajstić information content (AvgIpc) is 2.42. The fourth-order valence-corrected chi connectivity index (χ4v) is 2.74. The normalized spacial score (nSPS) is 16.3. The lowest BCUT2D eigenvalue weighted by Crippen LogP contribution is -2.30. The summed E-state index contributed by atoms with van der Waals surface area (Å²) in [6.07, 6.45) is 3.83. The number of aryl methyl sites for hydroxylation is 2. The number of hydrogen-bond acceptors (Lipinski definition) is 2. The molecule has 2 rings (SSSR count). The molecule has 19 heavy (non-hydrogen) atoms. The third-order valence-corrected chi connectivity index (χ3v) is 3.94. The summed E-state index contributed by atoms with van der Waals surface area (Å²) in [7, 11) is 0. The number of carbonyl (C=O) groups is 1. The molecule has 0 aromatic heterocycles. The summed E-state index contributed by atoms with van der Waals surface area (Å²) in [6, 6.07) is 6.20. The molecule has 1 aliphatic heterocycles. The van der Waals surface area contributed by atoms with E-state index in [1.165, 1.54) is 5.56 Å². The van der Waals surface area contributed by atoms with Crippen molar-refractivity contribution in [2.75, 3.05) is 18.4 Å². The molecule has 1 aliphatic rings. The number of anilines is 1. The fraction of sp³-hybridized carbons (Fsp3) is 0.562. The van der Waals surface area contributed by atoms with Crippen LogP contribution in [0.2, 0.25) is 0 Å². The molecule has 1 aromatic rings. The van der Waals surface area contributed by atoms with E-state index in [0.29, 0.717) is 12.3 Å². The van der Waals surface area contributed by atoms with E-state index in [4.69, 9.17) is 0 Å². The van der Waals surface area contributed by atoms with Crippen molar-refractivity contribution >= 4 is 11.6 Å². The Morgan fingerprint density at radius 2 is 2.11 bits per heavy atom. The number of nitrogens with one attached hydrogen (secondary N) is 2. The van der Waals surface area contributed by atoms with Gasteiger partial charge in [-0.25, -0.2) is 0 Å². The topological polar surface area (TPSA) is 41.1 Å². The molecule has 1 aromatic carbocycles. The lowest BCUT2D eigenvalue weighted by atomic mass is 9.94. The molecule has 0 saturated carbocycles. The van der Waals surface area contributed by atoms with E-state index in [1.54, 1.807) is 0 Å². The van der Waals surface area contributed by atoms with E-state index in [0.717, 1.165) is 43.6 Å². The van der Waals surface area contributed by atoms with Gasteiger partial charge in [-0.05, 0) is 56.3 Å². The Morgan fingerprint density at radius 3 is 2.79 bits per heavy atom. The molecule has 0 bridgehead atoms. The summed E-state index contributed by atoms with van der Waals surface area (Å²) in [4.78, 5) is 12.2. The lowest BCUT2D eigenvalue weighted by Gasteiger charge is -2.22. The second-order valence-corrected chi connectivity index (χ2v) is 5.41. The van der Waals surface area contributed by atoms with Crippen LogP contribution in [0.1, 0.15) is 37.3 Å². The van der Waals surface area contributed by atoms with Crippen LogP contribution in [-0.2, 0) is 11.2 Å². The third kappa shape index (κ3) is 3.80. The first-order valence-electron chi connectivity index (χ1n) is 7.29. The summed E-state index contributed by atoms with van der Waals surface area (Å²) in [5.74, 6) is 0.700. The zero-order valence-electron chi connectivity index (χ0n) is 12.0. The van der Waals surface area contributed by atoms with E-state index in [9.17, 15) is 4.79 Å². The van der Waals surface area contributed by atoms with Crippen molar-refractivity contribution in [3.63, 3.8) is 0 Å². The van der Waals surface area contributed by atoms with Crippen LogP contribution < -0.4 is 10.6 Å². The molecule has 0 unspecified atom stereocenters. The summed E-state index contributed by atoms with van der Waals surface area (Å²) >= 11 is 0. The van der Waals surface area contributed by atoms with Crippen molar-refractivity contribution < 1.29 is 4.79 Å². The van der Waals surface area contributed by atoms with Gasteiger partial charge in [0.1, 0.15) is 0 Å². The number of piperidine rings is 1. The Labute approximate surface area is 115 Å². The van der Waals surface area contributed by atoms with E-state index in [-0.39, 0.29) is 5.91 Å². The maximum Gasteiger partial charge on any atom is 0.224 e. The maximum absolute atomic E-state index is 12.2. The van der Waals surface area contributed by atoms with Gasteiger partial charge in [0.05, 0.1) is 0 Å². The summed E-state index contributed by atoms with van der Waals surface area (Å²) in [5.41, 5.74) is 3.39. The highest BCUT2D eigenvalue weighted by atomic mass is 16.1. The van der Waals surface area contributed by atoms with Gasteiger partial charge < -0.3 is 10.6 Å². The molecular weight excluding hydrogens is 236 g/mol. The second-order valence-electron chi connectivity index (χ2n) is 5.41. The van der Waals surface area contributed by atoms with Crippen LogP contribution in [0.4, 0.5) is 5.69 Å². The van der Waals surface area contributed by atoms with Gasteiger partial charge in [0, 0.05) is 12.1 Å². The first-order valence-corrected chi connectivity index (χ1v) is 7.29. The molecular formula is C16H24N2O. The second kappa shape index (κ2) is 6.71. The van der Waals surface area contributed by atoms with E-state index < -0.39 is 0 Å². The molecule has 3 heteroatoms. The number of hydrogen-bond donors (Lipinski definition) is 2. The predicted molar refractivity (Wildman–Crippen MR) is 79.4 cm³/mol. The van der Waals surface area contributed by atoms with Crippen LogP contribution in [0, 0.1) is 12.8 Å². The minimum atomic E-state index is 0.163. The Balaban J connectivity index is 1.98. The molecule has 0 atom stereocenters. The number of para-hydroxylation sites is 1. The number of rotatable bonds is 4. The Morgan fingerprint density at radius 1 is 1.37 bits per heavy atom. The highest BCUT2D eigenvalue weighted by molar-refractivity contribution is 5.92. The predicted octanol–water partition coefficient (Wildman–Crippen LogP) is 2.89. The van der Waals surface area contributed by atoms with Gasteiger partial charge in [0.25, 0.3) is 0 Å². The van der Waals surface area contributed by atoms with Crippen LogP contribution in [-0.4, -0.2) is 19.0 Å². The number of carbonyl (C=O) groups excluding carboxylic acids is 1. The molecule has 1 amide bonds. The minimum Gasteiger partial charge on any atom is -0.326 e. The first kappa shape index (κ1) is 14.1. The Bertz CT molecular complexity index is 436. The Kier molecular flexibility index (Phi) is 4.97. The van der Waals surface area contributed by atoms with Gasteiger partial charge in [-0.1, -0.05) is 25.1 Å². The largest absolute Gasteiger partial charge is 0.326 e. The summed E-state index contributed by atoms with van der Waals surface area (Å²) < 4.78 is 0. The maximum atomic E-state index is 12.2. The van der Waals surface area contributed by atoms with Gasteiger partial charge in [-0.3, -0.25) is 4.79 Å². The van der Waals surface area contributed by atoms with Crippen LogP contribution in [0.3, 0.4) is 0 Å². The van der Waals surface area contributed by atoms with Crippen LogP contribution in [0.15, 0.2) is 18.2 Å². The van der Waals surface area contributed by atoms with Crippen molar-refractivity contribution in [2.24, 2.45) is 5.92 Å². The molecule has 1 fully saturated rings.